The van der Waals surface area contributed by atoms with Gasteiger partial charge in [0.25, 0.3) is 0 Å². The maximum Gasteiger partial charge on any atom is 0.425 e. The summed E-state index contributed by atoms with van der Waals surface area (Å²) in [5, 5.41) is 3.61. The molecule has 1 unspecified atom stereocenters. The molecule has 0 bridgehead atoms. The van der Waals surface area contributed by atoms with E-state index in [2.05, 4.69) is 5.32 Å². The fourth-order valence-corrected chi connectivity index (χ4v) is 2.88. The second kappa shape index (κ2) is 5.96. The number of hydrogen-bond donors (Lipinski definition) is 1. The van der Waals surface area contributed by atoms with Crippen molar-refractivity contribution in [2.75, 3.05) is 11.9 Å². The lowest BCUT2D eigenvalue weighted by molar-refractivity contribution is -0.189. The van der Waals surface area contributed by atoms with Crippen LogP contribution in [0.2, 0.25) is 5.02 Å². The number of fused-ring (bicyclic) bond motifs is 1. The van der Waals surface area contributed by atoms with Crippen LogP contribution in [0.5, 0.6) is 5.75 Å². The molecule has 2 aromatic carbocycles. The Morgan fingerprint density at radius 1 is 1.22 bits per heavy atom. The highest BCUT2D eigenvalue weighted by Gasteiger charge is 2.38. The minimum absolute atomic E-state index is 0.133. The van der Waals surface area contributed by atoms with Gasteiger partial charge in [0.2, 0.25) is 0 Å². The largest absolute Gasteiger partial charge is 0.481 e. The number of hydrogen-bond acceptors (Lipinski definition) is 2. The van der Waals surface area contributed by atoms with Crippen LogP contribution in [-0.2, 0) is 6.42 Å². The molecule has 0 radical (unpaired) electrons. The van der Waals surface area contributed by atoms with E-state index in [0.717, 1.165) is 36.7 Å². The average molecular weight is 342 g/mol. The summed E-state index contributed by atoms with van der Waals surface area (Å²) < 4.78 is 43.5. The number of benzene rings is 2. The van der Waals surface area contributed by atoms with Crippen molar-refractivity contribution in [2.45, 2.75) is 25.6 Å². The maximum atomic E-state index is 12.8. The van der Waals surface area contributed by atoms with Crippen LogP contribution in [0.1, 0.15) is 12.5 Å². The van der Waals surface area contributed by atoms with Crippen molar-refractivity contribution >= 4 is 17.3 Å². The van der Waals surface area contributed by atoms with Crippen LogP contribution in [0.3, 0.4) is 0 Å². The van der Waals surface area contributed by atoms with Crippen molar-refractivity contribution in [2.24, 2.45) is 0 Å². The lowest BCUT2D eigenvalue weighted by Gasteiger charge is -2.20. The first kappa shape index (κ1) is 16.0. The van der Waals surface area contributed by atoms with E-state index in [-0.39, 0.29) is 5.75 Å². The molecule has 2 nitrogen and oxygen atoms in total. The lowest BCUT2D eigenvalue weighted by Crippen LogP contribution is -2.31. The summed E-state index contributed by atoms with van der Waals surface area (Å²) in [5.74, 6) is 0.133. The summed E-state index contributed by atoms with van der Waals surface area (Å²) in [5.41, 5.74) is 3.41. The van der Waals surface area contributed by atoms with Gasteiger partial charge in [0, 0.05) is 17.8 Å². The standard InChI is InChI=1S/C17H15ClF3NO/c1-10(17(19,20)21)23-15-4-2-3-13(18)16(15)12-5-6-14-11(9-12)7-8-22-14/h2-6,9-10,22H,7-8H2,1H3. The van der Waals surface area contributed by atoms with Crippen molar-refractivity contribution in [3.05, 3.63) is 47.0 Å². The van der Waals surface area contributed by atoms with E-state index < -0.39 is 12.3 Å². The van der Waals surface area contributed by atoms with E-state index in [4.69, 9.17) is 16.3 Å². The van der Waals surface area contributed by atoms with Crippen LogP contribution < -0.4 is 10.1 Å². The minimum Gasteiger partial charge on any atom is -0.481 e. The van der Waals surface area contributed by atoms with Crippen molar-refractivity contribution in [3.8, 4) is 16.9 Å². The van der Waals surface area contributed by atoms with Gasteiger partial charge in [-0.3, -0.25) is 0 Å². The highest BCUT2D eigenvalue weighted by Crippen LogP contribution is 2.40. The molecular formula is C17H15ClF3NO. The summed E-state index contributed by atoms with van der Waals surface area (Å²) in [6.07, 6.45) is -5.46. The van der Waals surface area contributed by atoms with Crippen molar-refractivity contribution in [1.82, 2.24) is 0 Å². The third kappa shape index (κ3) is 3.24. The van der Waals surface area contributed by atoms with Crippen LogP contribution >= 0.6 is 11.6 Å². The van der Waals surface area contributed by atoms with Gasteiger partial charge in [0.1, 0.15) is 5.75 Å². The van der Waals surface area contributed by atoms with E-state index in [1.54, 1.807) is 12.1 Å². The Bertz CT molecular complexity index is 730. The third-order valence-electron chi connectivity index (χ3n) is 3.84. The van der Waals surface area contributed by atoms with Crippen LogP contribution in [0.15, 0.2) is 36.4 Å². The molecule has 0 saturated carbocycles. The number of halogens is 4. The number of alkyl halides is 3. The van der Waals surface area contributed by atoms with Gasteiger partial charge in [-0.1, -0.05) is 23.7 Å². The summed E-state index contributed by atoms with van der Waals surface area (Å²) in [4.78, 5) is 0. The predicted molar refractivity (Wildman–Crippen MR) is 85.2 cm³/mol. The summed E-state index contributed by atoms with van der Waals surface area (Å²) in [7, 11) is 0. The maximum absolute atomic E-state index is 12.8. The molecule has 6 heteroatoms. The molecule has 0 saturated heterocycles. The van der Waals surface area contributed by atoms with Gasteiger partial charge in [-0.15, -0.1) is 0 Å². The fraction of sp³-hybridized carbons (Fsp3) is 0.294. The summed E-state index contributed by atoms with van der Waals surface area (Å²) in [6, 6.07) is 10.4. The van der Waals surface area contributed by atoms with E-state index in [1.807, 2.05) is 18.2 Å². The fourth-order valence-electron chi connectivity index (χ4n) is 2.60. The van der Waals surface area contributed by atoms with Gasteiger partial charge in [0.05, 0.1) is 5.02 Å². The van der Waals surface area contributed by atoms with Gasteiger partial charge < -0.3 is 10.1 Å². The molecule has 1 aliphatic rings. The number of rotatable bonds is 3. The second-order valence-corrected chi connectivity index (χ2v) is 5.87. The van der Waals surface area contributed by atoms with Gasteiger partial charge in [0.15, 0.2) is 6.10 Å². The molecule has 0 amide bonds. The van der Waals surface area contributed by atoms with Gasteiger partial charge >= 0.3 is 6.18 Å². The molecular weight excluding hydrogens is 327 g/mol. The second-order valence-electron chi connectivity index (χ2n) is 5.46. The van der Waals surface area contributed by atoms with Crippen LogP contribution in [0, 0.1) is 0 Å². The Balaban J connectivity index is 2.02. The first-order chi connectivity index (χ1) is 10.9. The zero-order valence-electron chi connectivity index (χ0n) is 12.4. The van der Waals surface area contributed by atoms with Crippen LogP contribution in [-0.4, -0.2) is 18.8 Å². The zero-order chi connectivity index (χ0) is 16.6. The monoisotopic (exact) mass is 341 g/mol. The molecule has 1 N–H and O–H groups in total. The quantitative estimate of drug-likeness (QED) is 0.817. The van der Waals surface area contributed by atoms with E-state index in [1.165, 1.54) is 6.07 Å². The number of nitrogens with one attached hydrogen (secondary N) is 1. The third-order valence-corrected chi connectivity index (χ3v) is 4.16. The van der Waals surface area contributed by atoms with E-state index >= 15 is 0 Å². The van der Waals surface area contributed by atoms with Crippen molar-refractivity contribution in [1.29, 1.82) is 0 Å². The topological polar surface area (TPSA) is 21.3 Å². The zero-order valence-corrected chi connectivity index (χ0v) is 13.1. The van der Waals surface area contributed by atoms with Crippen LogP contribution in [0.4, 0.5) is 18.9 Å². The SMILES string of the molecule is CC(Oc1cccc(Cl)c1-c1ccc2c(c1)CCN2)C(F)(F)F. The molecule has 1 atom stereocenters. The molecule has 1 aliphatic heterocycles. The molecule has 0 aromatic heterocycles. The van der Waals surface area contributed by atoms with E-state index in [0.29, 0.717) is 10.6 Å². The molecule has 0 fully saturated rings. The Hall–Kier alpha value is -1.88. The molecule has 122 valence electrons. The Morgan fingerprint density at radius 2 is 2.00 bits per heavy atom. The lowest BCUT2D eigenvalue weighted by atomic mass is 10.0. The van der Waals surface area contributed by atoms with E-state index in [9.17, 15) is 13.2 Å². The molecule has 3 rings (SSSR count). The molecule has 1 heterocycles. The Labute approximate surface area is 137 Å². The highest BCUT2D eigenvalue weighted by molar-refractivity contribution is 6.33. The van der Waals surface area contributed by atoms with Crippen molar-refractivity contribution in [3.63, 3.8) is 0 Å². The Kier molecular flexibility index (Phi) is 4.15. The first-order valence-corrected chi connectivity index (χ1v) is 7.63. The molecule has 0 aliphatic carbocycles. The smallest absolute Gasteiger partial charge is 0.425 e. The summed E-state index contributed by atoms with van der Waals surface area (Å²) in [6.45, 7) is 1.84. The predicted octanol–water partition coefficient (Wildman–Crippen LogP) is 5.30. The highest BCUT2D eigenvalue weighted by atomic mass is 35.5. The normalized spacial score (nSPS) is 15.0. The Morgan fingerprint density at radius 3 is 2.74 bits per heavy atom. The van der Waals surface area contributed by atoms with Gasteiger partial charge in [-0.25, -0.2) is 0 Å². The van der Waals surface area contributed by atoms with Crippen molar-refractivity contribution < 1.29 is 17.9 Å². The average Bonchev–Trinajstić information content (AvgIpc) is 2.93. The molecule has 23 heavy (non-hydrogen) atoms. The van der Waals surface area contributed by atoms with Crippen LogP contribution in [0.25, 0.3) is 11.1 Å². The van der Waals surface area contributed by atoms with Gasteiger partial charge in [-0.2, -0.15) is 13.2 Å². The minimum atomic E-state index is -4.43. The van der Waals surface area contributed by atoms with Gasteiger partial charge in [-0.05, 0) is 48.7 Å². The molecule has 2 aromatic rings. The number of anilines is 1. The molecule has 0 spiro atoms. The first-order valence-electron chi connectivity index (χ1n) is 7.25. The summed E-state index contributed by atoms with van der Waals surface area (Å²) >= 11 is 6.24. The number of ether oxygens (including phenoxy) is 1.